The van der Waals surface area contributed by atoms with E-state index in [4.69, 9.17) is 0 Å². The van der Waals surface area contributed by atoms with Crippen LogP contribution in [0.25, 0.3) is 0 Å². The summed E-state index contributed by atoms with van der Waals surface area (Å²) in [6, 6.07) is 2.11. The lowest BCUT2D eigenvalue weighted by molar-refractivity contribution is 0.111. The molecular formula is C10H12F2OSi. The summed E-state index contributed by atoms with van der Waals surface area (Å²) in [5.41, 5.74) is -0.218. The van der Waals surface area contributed by atoms with Crippen molar-refractivity contribution in [3.05, 3.63) is 29.3 Å². The number of carbonyl (C=O) groups excluding carboxylic acids is 1. The fourth-order valence-electron chi connectivity index (χ4n) is 1.23. The van der Waals surface area contributed by atoms with Crippen LogP contribution in [-0.2, 0) is 0 Å². The van der Waals surface area contributed by atoms with Crippen LogP contribution in [0.4, 0.5) is 8.78 Å². The molecule has 0 bridgehead atoms. The first-order valence-corrected chi connectivity index (χ1v) is 7.81. The molecular weight excluding hydrogens is 202 g/mol. The monoisotopic (exact) mass is 214 g/mol. The lowest BCUT2D eigenvalue weighted by atomic mass is 10.2. The van der Waals surface area contributed by atoms with Crippen LogP contribution in [0.3, 0.4) is 0 Å². The Balaban J connectivity index is 3.36. The summed E-state index contributed by atoms with van der Waals surface area (Å²) in [6.45, 7) is 5.77. The average molecular weight is 214 g/mol. The predicted octanol–water partition coefficient (Wildman–Crippen LogP) is 2.32. The van der Waals surface area contributed by atoms with Crippen LogP contribution in [0.1, 0.15) is 10.4 Å². The maximum absolute atomic E-state index is 13.4. The summed E-state index contributed by atoms with van der Waals surface area (Å²) in [5, 5.41) is 0.417. The molecule has 0 aromatic heterocycles. The fraction of sp³-hybridized carbons (Fsp3) is 0.300. The molecule has 0 aliphatic rings. The van der Waals surface area contributed by atoms with E-state index < -0.39 is 19.7 Å². The number of benzene rings is 1. The van der Waals surface area contributed by atoms with E-state index in [0.717, 1.165) is 12.1 Å². The maximum Gasteiger partial charge on any atom is 0.153 e. The van der Waals surface area contributed by atoms with E-state index in [1.165, 1.54) is 0 Å². The summed E-state index contributed by atoms with van der Waals surface area (Å²) in [4.78, 5) is 10.3. The smallest absolute Gasteiger partial charge is 0.153 e. The number of rotatable bonds is 2. The largest absolute Gasteiger partial charge is 0.298 e. The minimum absolute atomic E-state index is 0.218. The Labute approximate surface area is 82.8 Å². The zero-order valence-electron chi connectivity index (χ0n) is 8.40. The van der Waals surface area contributed by atoms with Crippen molar-refractivity contribution >= 4 is 19.5 Å². The van der Waals surface area contributed by atoms with E-state index in [0.29, 0.717) is 11.5 Å². The van der Waals surface area contributed by atoms with Crippen molar-refractivity contribution in [2.45, 2.75) is 19.6 Å². The van der Waals surface area contributed by atoms with E-state index in [9.17, 15) is 13.6 Å². The first kappa shape index (κ1) is 11.0. The third-order valence-corrected chi connectivity index (χ3v) is 4.02. The van der Waals surface area contributed by atoms with Gasteiger partial charge in [-0.15, -0.1) is 0 Å². The van der Waals surface area contributed by atoms with Gasteiger partial charge in [-0.3, -0.25) is 4.79 Å². The lowest BCUT2D eigenvalue weighted by Gasteiger charge is -2.17. The Kier molecular flexibility index (Phi) is 2.85. The van der Waals surface area contributed by atoms with Crippen molar-refractivity contribution in [3.8, 4) is 0 Å². The molecule has 0 unspecified atom stereocenters. The SMILES string of the molecule is C[Si](C)(C)c1cc(F)c(C=O)cc1F. The van der Waals surface area contributed by atoms with Gasteiger partial charge in [-0.1, -0.05) is 19.6 Å². The molecule has 0 saturated carbocycles. The van der Waals surface area contributed by atoms with Crippen molar-refractivity contribution in [2.24, 2.45) is 0 Å². The molecule has 0 saturated heterocycles. The number of hydrogen-bond donors (Lipinski definition) is 0. The molecule has 4 heteroatoms. The van der Waals surface area contributed by atoms with Gasteiger partial charge < -0.3 is 0 Å². The van der Waals surface area contributed by atoms with Crippen molar-refractivity contribution < 1.29 is 13.6 Å². The Bertz CT molecular complexity index is 369. The van der Waals surface area contributed by atoms with Crippen molar-refractivity contribution in [1.82, 2.24) is 0 Å². The molecule has 1 aromatic carbocycles. The molecule has 0 atom stereocenters. The molecule has 1 aromatic rings. The van der Waals surface area contributed by atoms with Crippen LogP contribution in [-0.4, -0.2) is 14.4 Å². The first-order valence-electron chi connectivity index (χ1n) is 4.31. The highest BCUT2D eigenvalue weighted by Crippen LogP contribution is 2.11. The minimum atomic E-state index is -1.88. The second kappa shape index (κ2) is 3.61. The number of aldehydes is 1. The Morgan fingerprint density at radius 2 is 1.71 bits per heavy atom. The van der Waals surface area contributed by atoms with Gasteiger partial charge >= 0.3 is 0 Å². The van der Waals surface area contributed by atoms with E-state index in [2.05, 4.69) is 0 Å². The van der Waals surface area contributed by atoms with Gasteiger partial charge in [0.05, 0.1) is 13.6 Å². The van der Waals surface area contributed by atoms with E-state index in [-0.39, 0.29) is 5.56 Å². The van der Waals surface area contributed by atoms with Gasteiger partial charge in [-0.2, -0.15) is 0 Å². The average Bonchev–Trinajstić information content (AvgIpc) is 2.06. The Morgan fingerprint density at radius 3 is 2.14 bits per heavy atom. The van der Waals surface area contributed by atoms with Crippen LogP contribution >= 0.6 is 0 Å². The first-order chi connectivity index (χ1) is 6.36. The Hall–Kier alpha value is -1.03. The molecule has 0 aliphatic carbocycles. The Morgan fingerprint density at radius 1 is 1.14 bits per heavy atom. The number of hydrogen-bond acceptors (Lipinski definition) is 1. The molecule has 0 aliphatic heterocycles. The molecule has 0 amide bonds. The highest BCUT2D eigenvalue weighted by Gasteiger charge is 2.22. The van der Waals surface area contributed by atoms with Crippen molar-refractivity contribution in [2.75, 3.05) is 0 Å². The van der Waals surface area contributed by atoms with Gasteiger partial charge in [0, 0.05) is 0 Å². The van der Waals surface area contributed by atoms with Gasteiger partial charge in [-0.05, 0) is 17.3 Å². The molecule has 76 valence electrons. The predicted molar refractivity (Wildman–Crippen MR) is 54.7 cm³/mol. The topological polar surface area (TPSA) is 17.1 Å². The van der Waals surface area contributed by atoms with Gasteiger partial charge in [0.15, 0.2) is 6.29 Å². The molecule has 0 fully saturated rings. The number of halogens is 2. The zero-order chi connectivity index (χ0) is 10.9. The van der Waals surface area contributed by atoms with Gasteiger partial charge in [0.2, 0.25) is 0 Å². The third-order valence-electron chi connectivity index (χ3n) is 2.02. The molecule has 14 heavy (non-hydrogen) atoms. The highest BCUT2D eigenvalue weighted by molar-refractivity contribution is 6.88. The van der Waals surface area contributed by atoms with Crippen LogP contribution < -0.4 is 5.19 Å². The van der Waals surface area contributed by atoms with Gasteiger partial charge in [-0.25, -0.2) is 8.78 Å². The van der Waals surface area contributed by atoms with Gasteiger partial charge in [0.25, 0.3) is 0 Å². The number of carbonyl (C=O) groups is 1. The van der Waals surface area contributed by atoms with Crippen LogP contribution in [0.5, 0.6) is 0 Å². The highest BCUT2D eigenvalue weighted by atomic mass is 28.3. The molecule has 1 rings (SSSR count). The molecule has 0 spiro atoms. The summed E-state index contributed by atoms with van der Waals surface area (Å²) in [6.07, 6.45) is 0.326. The molecule has 0 N–H and O–H groups in total. The zero-order valence-corrected chi connectivity index (χ0v) is 9.40. The van der Waals surface area contributed by atoms with Crippen molar-refractivity contribution in [3.63, 3.8) is 0 Å². The molecule has 0 radical (unpaired) electrons. The van der Waals surface area contributed by atoms with E-state index in [1.807, 2.05) is 19.6 Å². The lowest BCUT2D eigenvalue weighted by Crippen LogP contribution is -2.40. The van der Waals surface area contributed by atoms with E-state index in [1.54, 1.807) is 0 Å². The second-order valence-electron chi connectivity index (χ2n) is 4.22. The van der Waals surface area contributed by atoms with Crippen LogP contribution in [0.15, 0.2) is 12.1 Å². The minimum Gasteiger partial charge on any atom is -0.298 e. The summed E-state index contributed by atoms with van der Waals surface area (Å²) in [7, 11) is -1.88. The molecule has 0 heterocycles. The van der Waals surface area contributed by atoms with E-state index >= 15 is 0 Å². The maximum atomic E-state index is 13.4. The van der Waals surface area contributed by atoms with Crippen molar-refractivity contribution in [1.29, 1.82) is 0 Å². The quantitative estimate of drug-likeness (QED) is 0.545. The second-order valence-corrected chi connectivity index (χ2v) is 9.26. The standard InChI is InChI=1S/C10H12F2OSi/c1-14(2,3)10-5-8(11)7(6-13)4-9(10)12/h4-6H,1-3H3. The summed E-state index contributed by atoms with van der Waals surface area (Å²) >= 11 is 0. The summed E-state index contributed by atoms with van der Waals surface area (Å²) in [5.74, 6) is -1.12. The normalized spacial score (nSPS) is 11.5. The molecule has 1 nitrogen and oxygen atoms in total. The van der Waals surface area contributed by atoms with Crippen LogP contribution in [0, 0.1) is 11.6 Å². The van der Waals surface area contributed by atoms with Crippen LogP contribution in [0.2, 0.25) is 19.6 Å². The third kappa shape index (κ3) is 2.07. The van der Waals surface area contributed by atoms with Gasteiger partial charge in [0.1, 0.15) is 11.6 Å². The summed E-state index contributed by atoms with van der Waals surface area (Å²) < 4.78 is 26.6. The fourth-order valence-corrected chi connectivity index (χ4v) is 2.58.